The number of carbonyl (C=O) groups excluding carboxylic acids is 4. The first kappa shape index (κ1) is 34.9. The van der Waals surface area contributed by atoms with E-state index in [0.29, 0.717) is 18.0 Å². The lowest BCUT2D eigenvalue weighted by Gasteiger charge is -2.34. The van der Waals surface area contributed by atoms with Gasteiger partial charge in [-0.2, -0.15) is 0 Å². The highest BCUT2D eigenvalue weighted by atomic mass is 16.6. The third kappa shape index (κ3) is 11.2. The van der Waals surface area contributed by atoms with E-state index in [-0.39, 0.29) is 50.1 Å². The average molecular weight is 592 g/mol. The Morgan fingerprint density at radius 2 is 1.81 bits per heavy atom. The molecule has 11 nitrogen and oxygen atoms in total. The van der Waals surface area contributed by atoms with Gasteiger partial charge in [-0.3, -0.25) is 9.59 Å². The smallest absolute Gasteiger partial charge is 0.407 e. The lowest BCUT2D eigenvalue weighted by Crippen LogP contribution is -2.49. The summed E-state index contributed by atoms with van der Waals surface area (Å²) in [6, 6.07) is 6.23. The van der Waals surface area contributed by atoms with Crippen molar-refractivity contribution in [2.75, 3.05) is 24.6 Å². The number of aliphatic hydroxyl groups excluding tert-OH is 1. The third-order valence-corrected chi connectivity index (χ3v) is 6.84. The zero-order valence-electron chi connectivity index (χ0n) is 26.1. The van der Waals surface area contributed by atoms with Crippen LogP contribution in [0.25, 0.3) is 0 Å². The molecule has 0 aromatic heterocycles. The molecule has 5 atom stereocenters. The van der Waals surface area contributed by atoms with Crippen molar-refractivity contribution >= 4 is 29.6 Å². The largest absolute Gasteiger partial charge is 0.475 e. The summed E-state index contributed by atoms with van der Waals surface area (Å²) in [6.07, 6.45) is -0.424. The molecule has 1 aromatic carbocycles. The molecule has 0 spiro atoms. The first-order chi connectivity index (χ1) is 19.7. The average Bonchev–Trinajstić information content (AvgIpc) is 2.91. The van der Waals surface area contributed by atoms with E-state index in [1.165, 1.54) is 4.90 Å². The number of nitrogens with one attached hydrogen (secondary N) is 2. The number of hydrogen-bond acceptors (Lipinski definition) is 8. The summed E-state index contributed by atoms with van der Waals surface area (Å²) in [7, 11) is 0. The summed E-state index contributed by atoms with van der Waals surface area (Å²) in [5.74, 6) is -1.30. The molecule has 1 unspecified atom stereocenters. The number of ether oxygens (including phenoxy) is 3. The van der Waals surface area contributed by atoms with Crippen molar-refractivity contribution in [3.63, 3.8) is 0 Å². The first-order valence-corrected chi connectivity index (χ1v) is 14.9. The van der Waals surface area contributed by atoms with Crippen LogP contribution in [0.2, 0.25) is 0 Å². The normalized spacial score (nSPS) is 17.5. The molecule has 0 bridgehead atoms. The molecule has 2 rings (SSSR count). The Bertz CT molecular complexity index is 1060. The van der Waals surface area contributed by atoms with Crippen LogP contribution in [0.1, 0.15) is 80.6 Å². The lowest BCUT2D eigenvalue weighted by atomic mass is 9.90. The minimum Gasteiger partial charge on any atom is -0.475 e. The zero-order chi connectivity index (χ0) is 31.4. The van der Waals surface area contributed by atoms with Crippen molar-refractivity contribution < 1.29 is 38.5 Å². The monoisotopic (exact) mass is 591 g/mol. The first-order valence-electron chi connectivity index (χ1n) is 14.9. The number of amides is 3. The summed E-state index contributed by atoms with van der Waals surface area (Å²) >= 11 is 0. The Kier molecular flexibility index (Phi) is 13.6. The van der Waals surface area contributed by atoms with Crippen LogP contribution < -0.4 is 20.3 Å². The second-order valence-corrected chi connectivity index (χ2v) is 12.0. The van der Waals surface area contributed by atoms with Crippen molar-refractivity contribution in [2.24, 2.45) is 11.8 Å². The summed E-state index contributed by atoms with van der Waals surface area (Å²) in [4.78, 5) is 52.7. The molecule has 1 aromatic rings. The molecule has 0 saturated carbocycles. The lowest BCUT2D eigenvalue weighted by molar-refractivity contribution is -0.151. The minimum atomic E-state index is -1.06. The van der Waals surface area contributed by atoms with Gasteiger partial charge in [-0.25, -0.2) is 9.59 Å². The van der Waals surface area contributed by atoms with Gasteiger partial charge in [-0.15, -0.1) is 0 Å². The molecule has 0 saturated heterocycles. The fourth-order valence-corrected chi connectivity index (χ4v) is 4.72. The minimum absolute atomic E-state index is 0.00820. The highest BCUT2D eigenvalue weighted by Gasteiger charge is 2.36. The third-order valence-electron chi connectivity index (χ3n) is 6.84. The number of para-hydroxylation sites is 2. The van der Waals surface area contributed by atoms with Gasteiger partial charge in [0.25, 0.3) is 0 Å². The van der Waals surface area contributed by atoms with Crippen LogP contribution >= 0.6 is 0 Å². The van der Waals surface area contributed by atoms with Crippen LogP contribution in [-0.4, -0.2) is 72.5 Å². The zero-order valence-corrected chi connectivity index (χ0v) is 26.1. The van der Waals surface area contributed by atoms with Gasteiger partial charge in [0.05, 0.1) is 31.0 Å². The van der Waals surface area contributed by atoms with Crippen molar-refractivity contribution in [3.8, 4) is 5.75 Å². The van der Waals surface area contributed by atoms with E-state index >= 15 is 0 Å². The van der Waals surface area contributed by atoms with E-state index in [4.69, 9.17) is 14.2 Å². The number of unbranched alkanes of at least 4 members (excludes halogenated alkanes) is 1. The molecular formula is C31H49N3O8. The number of esters is 1. The second-order valence-electron chi connectivity index (χ2n) is 12.0. The highest BCUT2D eigenvalue weighted by molar-refractivity contribution is 5.97. The van der Waals surface area contributed by atoms with E-state index in [1.807, 2.05) is 13.8 Å². The van der Waals surface area contributed by atoms with Crippen LogP contribution in [0, 0.1) is 11.8 Å². The summed E-state index contributed by atoms with van der Waals surface area (Å²) in [5.41, 5.74) is -0.186. The number of benzene rings is 1. The van der Waals surface area contributed by atoms with Gasteiger partial charge >= 0.3 is 12.1 Å². The fourth-order valence-electron chi connectivity index (χ4n) is 4.72. The summed E-state index contributed by atoms with van der Waals surface area (Å²) < 4.78 is 16.3. The number of carbonyl (C=O) groups is 4. The summed E-state index contributed by atoms with van der Waals surface area (Å²) in [6.45, 7) is 13.3. The molecular weight excluding hydrogens is 542 g/mol. The topological polar surface area (TPSA) is 144 Å². The number of alkyl carbamates (subject to hydrolysis) is 1. The van der Waals surface area contributed by atoms with Crippen LogP contribution in [0.15, 0.2) is 24.3 Å². The van der Waals surface area contributed by atoms with Gasteiger partial charge in [0.1, 0.15) is 11.4 Å². The van der Waals surface area contributed by atoms with Crippen LogP contribution in [0.3, 0.4) is 0 Å². The molecule has 3 N–H and O–H groups in total. The van der Waals surface area contributed by atoms with Gasteiger partial charge in [-0.05, 0) is 65.0 Å². The maximum Gasteiger partial charge on any atom is 0.407 e. The maximum atomic E-state index is 13.5. The molecule has 1 heterocycles. The Hall–Kier alpha value is -3.34. The van der Waals surface area contributed by atoms with Crippen molar-refractivity contribution in [1.29, 1.82) is 0 Å². The van der Waals surface area contributed by atoms with Crippen LogP contribution in [0.4, 0.5) is 10.5 Å². The number of fused-ring (bicyclic) bond motifs is 1. The van der Waals surface area contributed by atoms with E-state index in [2.05, 4.69) is 10.6 Å². The standard InChI is InChI=1S/C31H49N3O8/c1-8-10-15-32-28(37)21(4)18-24(35)22(33-30(39)42-31(5,6)7)16-20(3)17-27(36)34-19-26(29(38)40-9-2)41-25-14-12-11-13-23(25)34/h11-14,20-22,24,26,35H,8-10,15-19H2,1-7H3,(H,32,37)(H,33,39)/t20-,21-,22+,24+,26?/m1/s1. The Morgan fingerprint density at radius 1 is 1.12 bits per heavy atom. The van der Waals surface area contributed by atoms with E-state index in [1.54, 1.807) is 58.9 Å². The Balaban J connectivity index is 2.14. The molecule has 1 aliphatic heterocycles. The molecule has 0 radical (unpaired) electrons. The molecule has 1 aliphatic rings. The number of nitrogens with zero attached hydrogens (tertiary/aromatic N) is 1. The highest BCUT2D eigenvalue weighted by Crippen LogP contribution is 2.34. The molecule has 11 heteroatoms. The Morgan fingerprint density at radius 3 is 2.45 bits per heavy atom. The van der Waals surface area contributed by atoms with Crippen LogP contribution in [-0.2, 0) is 23.9 Å². The maximum absolute atomic E-state index is 13.5. The van der Waals surface area contributed by atoms with E-state index < -0.39 is 41.8 Å². The predicted octanol–water partition coefficient (Wildman–Crippen LogP) is 3.96. The molecule has 0 aliphatic carbocycles. The van der Waals surface area contributed by atoms with Crippen molar-refractivity contribution in [2.45, 2.75) is 104 Å². The van der Waals surface area contributed by atoms with Gasteiger partial charge in [0.15, 0.2) is 0 Å². The predicted molar refractivity (Wildman–Crippen MR) is 159 cm³/mol. The Labute approximate surface area is 249 Å². The summed E-state index contributed by atoms with van der Waals surface area (Å²) in [5, 5.41) is 16.8. The van der Waals surface area contributed by atoms with Crippen LogP contribution in [0.5, 0.6) is 5.75 Å². The second kappa shape index (κ2) is 16.3. The SMILES string of the molecule is CCCCNC(=O)[C@H](C)C[C@H](O)[C@H](C[C@@H](C)CC(=O)N1CC(C(=O)OCC)Oc2ccccc21)NC(=O)OC(C)(C)C. The number of anilines is 1. The van der Waals surface area contributed by atoms with E-state index in [9.17, 15) is 24.3 Å². The quantitative estimate of drug-likeness (QED) is 0.218. The molecule has 0 fully saturated rings. The molecule has 42 heavy (non-hydrogen) atoms. The number of hydrogen-bond donors (Lipinski definition) is 3. The fraction of sp³-hybridized carbons (Fsp3) is 0.677. The van der Waals surface area contributed by atoms with Gasteiger partial charge in [-0.1, -0.05) is 39.3 Å². The van der Waals surface area contributed by atoms with E-state index in [0.717, 1.165) is 12.8 Å². The van der Waals surface area contributed by atoms with Crippen molar-refractivity contribution in [1.82, 2.24) is 10.6 Å². The van der Waals surface area contributed by atoms with Gasteiger partial charge in [0.2, 0.25) is 17.9 Å². The number of aliphatic hydroxyl groups is 1. The van der Waals surface area contributed by atoms with Gasteiger partial charge < -0.3 is 34.9 Å². The van der Waals surface area contributed by atoms with Crippen molar-refractivity contribution in [3.05, 3.63) is 24.3 Å². The number of rotatable bonds is 14. The molecule has 3 amide bonds. The van der Waals surface area contributed by atoms with Gasteiger partial charge in [0, 0.05) is 18.9 Å². The molecule has 236 valence electrons.